The second kappa shape index (κ2) is 8.85. The molecule has 1 saturated carbocycles. The van der Waals surface area contributed by atoms with Crippen LogP contribution in [0, 0.1) is 6.92 Å². The number of rotatable bonds is 6. The number of benzene rings is 1. The van der Waals surface area contributed by atoms with Gasteiger partial charge in [-0.1, -0.05) is 30.0 Å². The number of hydrogen-bond acceptors (Lipinski definition) is 5. The van der Waals surface area contributed by atoms with Crippen molar-refractivity contribution in [2.24, 2.45) is 0 Å². The molecular formula is C19H23N3O2S. The van der Waals surface area contributed by atoms with E-state index in [2.05, 4.69) is 15.3 Å². The zero-order valence-corrected chi connectivity index (χ0v) is 15.2. The molecule has 0 spiro atoms. The van der Waals surface area contributed by atoms with Gasteiger partial charge in [-0.25, -0.2) is 9.97 Å². The van der Waals surface area contributed by atoms with E-state index in [1.165, 1.54) is 0 Å². The van der Waals surface area contributed by atoms with Gasteiger partial charge in [0.2, 0.25) is 0 Å². The number of nitrogens with one attached hydrogen (secondary N) is 1. The molecule has 2 aromatic rings. The number of thioether (sulfide) groups is 1. The number of amides is 1. The molecule has 0 bridgehead atoms. The molecule has 1 aromatic heterocycles. The lowest BCUT2D eigenvalue weighted by molar-refractivity contribution is -0.124. The number of carbonyl (C=O) groups is 1. The normalized spacial score (nSPS) is 20.0. The Bertz CT molecular complexity index is 688. The van der Waals surface area contributed by atoms with Crippen LogP contribution < -0.4 is 10.1 Å². The maximum atomic E-state index is 12.1. The Morgan fingerprint density at radius 2 is 1.88 bits per heavy atom. The number of para-hydroxylation sites is 1. The van der Waals surface area contributed by atoms with Crippen molar-refractivity contribution >= 4 is 17.7 Å². The Morgan fingerprint density at radius 3 is 2.60 bits per heavy atom. The van der Waals surface area contributed by atoms with E-state index >= 15 is 0 Å². The van der Waals surface area contributed by atoms with E-state index in [0.717, 1.165) is 42.2 Å². The molecule has 6 heteroatoms. The lowest BCUT2D eigenvalue weighted by atomic mass is 9.95. The fourth-order valence-electron chi connectivity index (χ4n) is 2.95. The van der Waals surface area contributed by atoms with Crippen molar-refractivity contribution in [3.05, 3.63) is 48.3 Å². The van der Waals surface area contributed by atoms with Crippen LogP contribution in [0.2, 0.25) is 0 Å². The zero-order chi connectivity index (χ0) is 17.5. The molecule has 0 saturated heterocycles. The largest absolute Gasteiger partial charge is 0.484 e. The quantitative estimate of drug-likeness (QED) is 0.803. The molecule has 1 fully saturated rings. The van der Waals surface area contributed by atoms with Crippen molar-refractivity contribution in [1.82, 2.24) is 15.3 Å². The molecule has 1 aliphatic rings. The minimum atomic E-state index is -0.0502. The molecule has 0 aliphatic heterocycles. The van der Waals surface area contributed by atoms with E-state index in [9.17, 15) is 4.79 Å². The highest BCUT2D eigenvalue weighted by atomic mass is 32.2. The van der Waals surface area contributed by atoms with Crippen LogP contribution in [0.25, 0.3) is 0 Å². The van der Waals surface area contributed by atoms with Crippen LogP contribution in [-0.2, 0) is 4.79 Å². The number of hydrogen-bond donors (Lipinski definition) is 1. The monoisotopic (exact) mass is 357 g/mol. The van der Waals surface area contributed by atoms with Crippen molar-refractivity contribution in [2.45, 2.75) is 49.1 Å². The molecule has 1 amide bonds. The number of aromatic nitrogens is 2. The Kier molecular flexibility index (Phi) is 6.28. The van der Waals surface area contributed by atoms with Crippen molar-refractivity contribution in [1.29, 1.82) is 0 Å². The maximum Gasteiger partial charge on any atom is 0.258 e. The Labute approximate surface area is 152 Å². The predicted octanol–water partition coefficient (Wildman–Crippen LogP) is 3.38. The van der Waals surface area contributed by atoms with E-state index in [1.54, 1.807) is 24.2 Å². The van der Waals surface area contributed by atoms with E-state index in [-0.39, 0.29) is 18.6 Å². The minimum absolute atomic E-state index is 0.0502. The van der Waals surface area contributed by atoms with Gasteiger partial charge in [0.1, 0.15) is 5.75 Å². The lowest BCUT2D eigenvalue weighted by Crippen LogP contribution is -2.40. The summed E-state index contributed by atoms with van der Waals surface area (Å²) in [6.45, 7) is 2.04. The third-order valence-electron chi connectivity index (χ3n) is 4.31. The smallest absolute Gasteiger partial charge is 0.258 e. The van der Waals surface area contributed by atoms with Crippen molar-refractivity contribution in [3.63, 3.8) is 0 Å². The SMILES string of the molecule is Cc1ccccc1OCC(=O)NC1CCC(Sc2ncccn2)CC1. The van der Waals surface area contributed by atoms with Crippen LogP contribution in [0.1, 0.15) is 31.2 Å². The molecule has 0 atom stereocenters. The third kappa shape index (κ3) is 5.46. The standard InChI is InChI=1S/C19H23N3O2S/c1-14-5-2-3-6-17(14)24-13-18(23)22-15-7-9-16(10-8-15)25-19-20-11-4-12-21-19/h2-6,11-12,15-16H,7-10,13H2,1H3,(H,22,23). The molecule has 132 valence electrons. The summed E-state index contributed by atoms with van der Waals surface area (Å²) in [5.41, 5.74) is 1.04. The van der Waals surface area contributed by atoms with Crippen LogP contribution >= 0.6 is 11.8 Å². The van der Waals surface area contributed by atoms with E-state index in [4.69, 9.17) is 4.74 Å². The summed E-state index contributed by atoms with van der Waals surface area (Å²) in [6, 6.07) is 9.80. The van der Waals surface area contributed by atoms with Gasteiger partial charge >= 0.3 is 0 Å². The first-order valence-corrected chi connectivity index (χ1v) is 9.50. The van der Waals surface area contributed by atoms with Crippen LogP contribution in [0.3, 0.4) is 0 Å². The van der Waals surface area contributed by atoms with Gasteiger partial charge in [-0.05, 0) is 50.3 Å². The molecule has 25 heavy (non-hydrogen) atoms. The van der Waals surface area contributed by atoms with Gasteiger partial charge in [0.25, 0.3) is 5.91 Å². The van der Waals surface area contributed by atoms with Crippen molar-refractivity contribution < 1.29 is 9.53 Å². The minimum Gasteiger partial charge on any atom is -0.484 e. The summed E-state index contributed by atoms with van der Waals surface area (Å²) >= 11 is 1.73. The second-order valence-electron chi connectivity index (χ2n) is 6.24. The highest BCUT2D eigenvalue weighted by Gasteiger charge is 2.23. The van der Waals surface area contributed by atoms with Gasteiger partial charge in [-0.3, -0.25) is 4.79 Å². The Hall–Kier alpha value is -2.08. The first kappa shape index (κ1) is 17.7. The Morgan fingerprint density at radius 1 is 1.16 bits per heavy atom. The van der Waals surface area contributed by atoms with Gasteiger partial charge in [0, 0.05) is 23.7 Å². The molecule has 3 rings (SSSR count). The summed E-state index contributed by atoms with van der Waals surface area (Å²) in [5, 5.41) is 4.45. The zero-order valence-electron chi connectivity index (χ0n) is 14.4. The summed E-state index contributed by atoms with van der Waals surface area (Å²) in [5.74, 6) is 0.714. The third-order valence-corrected chi connectivity index (χ3v) is 5.53. The second-order valence-corrected chi connectivity index (χ2v) is 7.51. The fraction of sp³-hybridized carbons (Fsp3) is 0.421. The van der Waals surface area contributed by atoms with E-state index in [0.29, 0.717) is 5.25 Å². The van der Waals surface area contributed by atoms with Crippen LogP contribution in [0.5, 0.6) is 5.75 Å². The lowest BCUT2D eigenvalue weighted by Gasteiger charge is -2.28. The maximum absolute atomic E-state index is 12.1. The molecule has 5 nitrogen and oxygen atoms in total. The summed E-state index contributed by atoms with van der Waals surface area (Å²) in [4.78, 5) is 20.6. The molecule has 0 radical (unpaired) electrons. The summed E-state index contributed by atoms with van der Waals surface area (Å²) < 4.78 is 5.61. The molecule has 1 aliphatic carbocycles. The van der Waals surface area contributed by atoms with Gasteiger partial charge in [-0.15, -0.1) is 0 Å². The van der Waals surface area contributed by atoms with Crippen molar-refractivity contribution in [2.75, 3.05) is 6.61 Å². The summed E-state index contributed by atoms with van der Waals surface area (Å²) in [6.07, 6.45) is 7.64. The topological polar surface area (TPSA) is 64.1 Å². The average molecular weight is 357 g/mol. The molecular weight excluding hydrogens is 334 g/mol. The van der Waals surface area contributed by atoms with Crippen LogP contribution in [0.15, 0.2) is 47.9 Å². The van der Waals surface area contributed by atoms with Crippen LogP contribution in [-0.4, -0.2) is 33.8 Å². The highest BCUT2D eigenvalue weighted by molar-refractivity contribution is 7.99. The van der Waals surface area contributed by atoms with Gasteiger partial charge in [-0.2, -0.15) is 0 Å². The number of carbonyl (C=O) groups excluding carboxylic acids is 1. The van der Waals surface area contributed by atoms with E-state index < -0.39 is 0 Å². The van der Waals surface area contributed by atoms with Gasteiger partial charge < -0.3 is 10.1 Å². The van der Waals surface area contributed by atoms with Crippen LogP contribution in [0.4, 0.5) is 0 Å². The average Bonchev–Trinajstić information content (AvgIpc) is 2.64. The molecule has 1 heterocycles. The first-order chi connectivity index (χ1) is 12.2. The molecule has 1 N–H and O–H groups in total. The van der Waals surface area contributed by atoms with Crippen molar-refractivity contribution in [3.8, 4) is 5.75 Å². The number of nitrogens with zero attached hydrogens (tertiary/aromatic N) is 2. The van der Waals surface area contributed by atoms with Gasteiger partial charge in [0.05, 0.1) is 0 Å². The van der Waals surface area contributed by atoms with Gasteiger partial charge in [0.15, 0.2) is 11.8 Å². The van der Waals surface area contributed by atoms with E-state index in [1.807, 2.05) is 37.3 Å². The number of ether oxygens (including phenoxy) is 1. The summed E-state index contributed by atoms with van der Waals surface area (Å²) in [7, 11) is 0. The molecule has 0 unspecified atom stereocenters. The highest BCUT2D eigenvalue weighted by Crippen LogP contribution is 2.31. The molecule has 1 aromatic carbocycles. The predicted molar refractivity (Wildman–Crippen MR) is 98.7 cm³/mol. The Balaban J connectivity index is 1.38. The fourth-order valence-corrected chi connectivity index (χ4v) is 4.00. The first-order valence-electron chi connectivity index (χ1n) is 8.62. The number of aryl methyl sites for hydroxylation is 1.